The number of unbranched alkanes of at least 4 members (excludes halogenated alkanes) is 3. The van der Waals surface area contributed by atoms with Crippen molar-refractivity contribution in [3.63, 3.8) is 0 Å². The molecule has 5 heteroatoms. The first-order valence-corrected chi connectivity index (χ1v) is 7.48. The molecule has 0 radical (unpaired) electrons. The topological polar surface area (TPSA) is 75.8 Å². The summed E-state index contributed by atoms with van der Waals surface area (Å²) in [4.78, 5) is 14.3. The maximum Gasteiger partial charge on any atom is 0.257 e. The van der Waals surface area contributed by atoms with Gasteiger partial charge in [0.25, 0.3) is 5.91 Å². The minimum atomic E-state index is -0.148. The standard InChI is InChI=1S/C16H26N2O3/c1-3-4-5-6-10-18(11-12-19)16(20)13-8-7-9-14(17)15(13)21-2/h7-9,19H,3-6,10-12,17H2,1-2H3. The monoisotopic (exact) mass is 294 g/mol. The minimum absolute atomic E-state index is 0.0514. The predicted molar refractivity (Wildman–Crippen MR) is 84.5 cm³/mol. The highest BCUT2D eigenvalue weighted by atomic mass is 16.5. The molecule has 0 aliphatic heterocycles. The van der Waals surface area contributed by atoms with Gasteiger partial charge in [0.15, 0.2) is 5.75 Å². The lowest BCUT2D eigenvalue weighted by molar-refractivity contribution is 0.0715. The van der Waals surface area contributed by atoms with Crippen LogP contribution >= 0.6 is 0 Å². The Morgan fingerprint density at radius 1 is 1.29 bits per heavy atom. The third-order valence-electron chi connectivity index (χ3n) is 3.42. The fraction of sp³-hybridized carbons (Fsp3) is 0.562. The molecule has 0 aliphatic rings. The molecule has 0 unspecified atom stereocenters. The van der Waals surface area contributed by atoms with Gasteiger partial charge in [-0.25, -0.2) is 0 Å². The van der Waals surface area contributed by atoms with Gasteiger partial charge >= 0.3 is 0 Å². The molecule has 3 N–H and O–H groups in total. The van der Waals surface area contributed by atoms with Crippen LogP contribution in [-0.2, 0) is 0 Å². The Balaban J connectivity index is 2.82. The number of hydrogen-bond acceptors (Lipinski definition) is 4. The molecule has 0 bridgehead atoms. The summed E-state index contributed by atoms with van der Waals surface area (Å²) in [6, 6.07) is 5.14. The Morgan fingerprint density at radius 3 is 2.67 bits per heavy atom. The summed E-state index contributed by atoms with van der Waals surface area (Å²) in [5, 5.41) is 9.17. The van der Waals surface area contributed by atoms with Crippen molar-refractivity contribution in [2.75, 3.05) is 32.5 Å². The highest BCUT2D eigenvalue weighted by Crippen LogP contribution is 2.27. The number of nitrogen functional groups attached to an aromatic ring is 1. The van der Waals surface area contributed by atoms with E-state index in [1.165, 1.54) is 7.11 Å². The molecular formula is C16H26N2O3. The number of amides is 1. The molecule has 21 heavy (non-hydrogen) atoms. The first-order chi connectivity index (χ1) is 10.2. The number of para-hydroxylation sites is 1. The molecule has 1 amide bonds. The second kappa shape index (κ2) is 9.23. The summed E-state index contributed by atoms with van der Waals surface area (Å²) in [5.41, 5.74) is 6.73. The molecule has 0 spiro atoms. The molecule has 0 heterocycles. The van der Waals surface area contributed by atoms with Gasteiger partial charge < -0.3 is 20.5 Å². The number of rotatable bonds is 9. The van der Waals surface area contributed by atoms with Crippen LogP contribution in [0.5, 0.6) is 5.75 Å². The van der Waals surface area contributed by atoms with Crippen molar-refractivity contribution in [2.45, 2.75) is 32.6 Å². The van der Waals surface area contributed by atoms with E-state index in [1.54, 1.807) is 23.1 Å². The van der Waals surface area contributed by atoms with Gasteiger partial charge in [0.05, 0.1) is 25.0 Å². The smallest absolute Gasteiger partial charge is 0.257 e. The van der Waals surface area contributed by atoms with E-state index in [2.05, 4.69) is 6.92 Å². The normalized spacial score (nSPS) is 10.4. The Bertz CT molecular complexity index is 449. The maximum absolute atomic E-state index is 12.6. The number of aliphatic hydroxyl groups excluding tert-OH is 1. The molecule has 1 aromatic carbocycles. The van der Waals surface area contributed by atoms with Gasteiger partial charge in [-0.1, -0.05) is 32.3 Å². The lowest BCUT2D eigenvalue weighted by Gasteiger charge is -2.23. The Morgan fingerprint density at radius 2 is 2.05 bits per heavy atom. The molecule has 118 valence electrons. The summed E-state index contributed by atoms with van der Waals surface area (Å²) >= 11 is 0. The molecule has 1 aromatic rings. The van der Waals surface area contributed by atoms with E-state index in [0.717, 1.165) is 25.7 Å². The largest absolute Gasteiger partial charge is 0.494 e. The Labute approximate surface area is 126 Å². The van der Waals surface area contributed by atoms with Gasteiger partial charge in [-0.3, -0.25) is 4.79 Å². The average Bonchev–Trinajstić information content (AvgIpc) is 2.49. The summed E-state index contributed by atoms with van der Waals surface area (Å²) in [7, 11) is 1.50. The number of carbonyl (C=O) groups is 1. The molecule has 0 aromatic heterocycles. The van der Waals surface area contributed by atoms with Gasteiger partial charge in [-0.05, 0) is 18.6 Å². The summed E-state index contributed by atoms with van der Waals surface area (Å²) in [6.07, 6.45) is 4.32. The number of ether oxygens (including phenoxy) is 1. The number of aliphatic hydroxyl groups is 1. The predicted octanol–water partition coefficient (Wildman–Crippen LogP) is 2.29. The molecule has 1 rings (SSSR count). The molecule has 0 atom stereocenters. The minimum Gasteiger partial charge on any atom is -0.494 e. The van der Waals surface area contributed by atoms with Gasteiger partial charge in [0.1, 0.15) is 0 Å². The summed E-state index contributed by atoms with van der Waals surface area (Å²) in [5.74, 6) is 0.253. The van der Waals surface area contributed by atoms with E-state index in [4.69, 9.17) is 15.6 Å². The summed E-state index contributed by atoms with van der Waals surface area (Å²) < 4.78 is 5.23. The third-order valence-corrected chi connectivity index (χ3v) is 3.42. The van der Waals surface area contributed by atoms with Crippen LogP contribution in [0.2, 0.25) is 0 Å². The van der Waals surface area contributed by atoms with E-state index in [1.807, 2.05) is 0 Å². The zero-order valence-electron chi connectivity index (χ0n) is 13.0. The van der Waals surface area contributed by atoms with Crippen LogP contribution in [0.25, 0.3) is 0 Å². The zero-order chi connectivity index (χ0) is 15.7. The van der Waals surface area contributed by atoms with Gasteiger partial charge in [-0.15, -0.1) is 0 Å². The van der Waals surface area contributed by atoms with Crippen molar-refractivity contribution >= 4 is 11.6 Å². The van der Waals surface area contributed by atoms with Crippen molar-refractivity contribution in [1.29, 1.82) is 0 Å². The van der Waals surface area contributed by atoms with Crippen molar-refractivity contribution in [3.05, 3.63) is 23.8 Å². The number of hydrogen-bond donors (Lipinski definition) is 2. The highest BCUT2D eigenvalue weighted by Gasteiger charge is 2.20. The molecule has 0 fully saturated rings. The highest BCUT2D eigenvalue weighted by molar-refractivity contribution is 5.98. The average molecular weight is 294 g/mol. The van der Waals surface area contributed by atoms with Crippen LogP contribution in [0.4, 0.5) is 5.69 Å². The van der Waals surface area contributed by atoms with E-state index >= 15 is 0 Å². The number of carbonyl (C=O) groups excluding carboxylic acids is 1. The van der Waals surface area contributed by atoms with Crippen LogP contribution in [-0.4, -0.2) is 42.7 Å². The first kappa shape index (κ1) is 17.3. The number of anilines is 1. The number of methoxy groups -OCH3 is 1. The van der Waals surface area contributed by atoms with Gasteiger partial charge in [-0.2, -0.15) is 0 Å². The number of nitrogens with zero attached hydrogens (tertiary/aromatic N) is 1. The molecule has 5 nitrogen and oxygen atoms in total. The lowest BCUT2D eigenvalue weighted by atomic mass is 10.1. The Hall–Kier alpha value is -1.75. The van der Waals surface area contributed by atoms with Crippen LogP contribution in [0.3, 0.4) is 0 Å². The van der Waals surface area contributed by atoms with E-state index in [9.17, 15) is 4.79 Å². The third kappa shape index (κ3) is 4.93. The fourth-order valence-corrected chi connectivity index (χ4v) is 2.29. The molecule has 0 aliphatic carbocycles. The van der Waals surface area contributed by atoms with Crippen molar-refractivity contribution in [3.8, 4) is 5.75 Å². The molecule has 0 saturated heterocycles. The lowest BCUT2D eigenvalue weighted by Crippen LogP contribution is -2.34. The van der Waals surface area contributed by atoms with Crippen molar-refractivity contribution < 1.29 is 14.6 Å². The van der Waals surface area contributed by atoms with Crippen molar-refractivity contribution in [2.24, 2.45) is 0 Å². The number of benzene rings is 1. The fourth-order valence-electron chi connectivity index (χ4n) is 2.29. The first-order valence-electron chi connectivity index (χ1n) is 7.48. The molecular weight excluding hydrogens is 268 g/mol. The van der Waals surface area contributed by atoms with Crippen LogP contribution in [0, 0.1) is 0 Å². The van der Waals surface area contributed by atoms with E-state index < -0.39 is 0 Å². The van der Waals surface area contributed by atoms with Gasteiger partial charge in [0.2, 0.25) is 0 Å². The maximum atomic E-state index is 12.6. The van der Waals surface area contributed by atoms with E-state index in [0.29, 0.717) is 30.1 Å². The van der Waals surface area contributed by atoms with E-state index in [-0.39, 0.29) is 12.5 Å². The summed E-state index contributed by atoms with van der Waals surface area (Å²) in [6.45, 7) is 3.05. The van der Waals surface area contributed by atoms with Crippen LogP contribution < -0.4 is 10.5 Å². The van der Waals surface area contributed by atoms with Gasteiger partial charge in [0, 0.05) is 13.1 Å². The number of nitrogens with two attached hydrogens (primary N) is 1. The zero-order valence-corrected chi connectivity index (χ0v) is 13.0. The SMILES string of the molecule is CCCCCCN(CCO)C(=O)c1cccc(N)c1OC. The van der Waals surface area contributed by atoms with Crippen LogP contribution in [0.15, 0.2) is 18.2 Å². The molecule has 0 saturated carbocycles. The second-order valence-electron chi connectivity index (χ2n) is 5.00. The second-order valence-corrected chi connectivity index (χ2v) is 5.00. The van der Waals surface area contributed by atoms with Crippen LogP contribution in [0.1, 0.15) is 43.0 Å². The Kier molecular flexibility index (Phi) is 7.61. The quantitative estimate of drug-likeness (QED) is 0.541. The van der Waals surface area contributed by atoms with Crippen molar-refractivity contribution in [1.82, 2.24) is 4.90 Å².